The van der Waals surface area contributed by atoms with E-state index in [1.54, 1.807) is 25.1 Å². The van der Waals surface area contributed by atoms with Crippen LogP contribution < -0.4 is 36.1 Å². The van der Waals surface area contributed by atoms with Gasteiger partial charge in [-0.3, -0.25) is 21.1 Å². The number of hydrogen-bond acceptors (Lipinski definition) is 8. The van der Waals surface area contributed by atoms with Crippen LogP contribution in [-0.4, -0.2) is 36.6 Å². The van der Waals surface area contributed by atoms with Gasteiger partial charge in [-0.2, -0.15) is 13.2 Å². The van der Waals surface area contributed by atoms with Gasteiger partial charge in [0.1, 0.15) is 23.4 Å². The average molecular weight is 592 g/mol. The van der Waals surface area contributed by atoms with E-state index in [1.807, 2.05) is 13.8 Å². The van der Waals surface area contributed by atoms with Crippen LogP contribution in [0.25, 0.3) is 0 Å². The first-order chi connectivity index (χ1) is 19.8. The van der Waals surface area contributed by atoms with Crippen molar-refractivity contribution in [2.24, 2.45) is 5.73 Å². The predicted octanol–water partition coefficient (Wildman–Crippen LogP) is 5.06. The average Bonchev–Trinajstić information content (AvgIpc) is 2.91. The van der Waals surface area contributed by atoms with Crippen LogP contribution in [0.2, 0.25) is 0 Å². The molecule has 0 aromatic heterocycles. The fourth-order valence-electron chi connectivity index (χ4n) is 3.61. The van der Waals surface area contributed by atoms with Crippen molar-refractivity contribution in [2.45, 2.75) is 39.1 Å². The van der Waals surface area contributed by atoms with E-state index < -0.39 is 41.5 Å². The topological polar surface area (TPSA) is 148 Å². The quantitative estimate of drug-likeness (QED) is 0.0491. The monoisotopic (exact) mass is 591 g/mol. The summed E-state index contributed by atoms with van der Waals surface area (Å²) in [5, 5.41) is 10.5. The Hall–Kier alpha value is -5.01. The first-order valence-electron chi connectivity index (χ1n) is 12.6. The molecular weight excluding hydrogens is 562 g/mol. The molecule has 3 aromatic rings. The first-order valence-corrected chi connectivity index (χ1v) is 12.6. The highest BCUT2D eigenvalue weighted by atomic mass is 19.4. The molecule has 1 amide bonds. The summed E-state index contributed by atoms with van der Waals surface area (Å²) in [6.45, 7) is 5.71. The van der Waals surface area contributed by atoms with Crippen molar-refractivity contribution in [2.75, 3.05) is 17.3 Å². The summed E-state index contributed by atoms with van der Waals surface area (Å²) in [6, 6.07) is 12.2. The molecule has 0 aliphatic heterocycles. The lowest BCUT2D eigenvalue weighted by Crippen LogP contribution is -2.37. The number of hydrazine groups is 1. The van der Waals surface area contributed by atoms with E-state index in [1.165, 1.54) is 36.4 Å². The van der Waals surface area contributed by atoms with Gasteiger partial charge < -0.3 is 25.3 Å². The van der Waals surface area contributed by atoms with E-state index in [4.69, 9.17) is 20.6 Å². The molecule has 224 valence electrons. The van der Waals surface area contributed by atoms with Crippen molar-refractivity contribution in [1.29, 1.82) is 5.41 Å². The number of ether oxygens (including phenoxy) is 3. The number of amides is 1. The zero-order valence-corrected chi connectivity index (χ0v) is 22.8. The van der Waals surface area contributed by atoms with Gasteiger partial charge in [-0.25, -0.2) is 9.18 Å². The Morgan fingerprint density at radius 1 is 0.952 bits per heavy atom. The van der Waals surface area contributed by atoms with Crippen molar-refractivity contribution >= 4 is 29.1 Å². The molecule has 3 rings (SSSR count). The number of rotatable bonds is 12. The number of benzene rings is 3. The molecule has 14 heteroatoms. The number of esters is 1. The Morgan fingerprint density at radius 3 is 2.21 bits per heavy atom. The summed E-state index contributed by atoms with van der Waals surface area (Å²) in [5.41, 5.74) is 11.1. The van der Waals surface area contributed by atoms with Gasteiger partial charge in [0.15, 0.2) is 11.5 Å². The molecule has 6 N–H and O–H groups in total. The van der Waals surface area contributed by atoms with Gasteiger partial charge in [0.05, 0.1) is 24.0 Å². The number of anilines is 2. The van der Waals surface area contributed by atoms with E-state index in [-0.39, 0.29) is 24.0 Å². The summed E-state index contributed by atoms with van der Waals surface area (Å²) in [4.78, 5) is 24.9. The second-order valence-corrected chi connectivity index (χ2v) is 9.02. The highest BCUT2D eigenvalue weighted by Gasteiger charge is 2.42. The molecule has 0 saturated carbocycles. The summed E-state index contributed by atoms with van der Waals surface area (Å²) in [5.74, 6) is -4.19. The highest BCUT2D eigenvalue weighted by molar-refractivity contribution is 5.99. The molecular formula is C28H29F4N5O5. The van der Waals surface area contributed by atoms with Crippen molar-refractivity contribution < 1.29 is 41.4 Å². The fraction of sp³-hybridized carbons (Fsp3) is 0.250. The second-order valence-electron chi connectivity index (χ2n) is 9.02. The predicted molar refractivity (Wildman–Crippen MR) is 147 cm³/mol. The van der Waals surface area contributed by atoms with E-state index in [0.29, 0.717) is 22.7 Å². The molecule has 1 unspecified atom stereocenters. The summed E-state index contributed by atoms with van der Waals surface area (Å²) < 4.78 is 67.9. The lowest BCUT2D eigenvalue weighted by molar-refractivity contribution is -0.189. The third-order valence-corrected chi connectivity index (χ3v) is 5.42. The Bertz CT molecular complexity index is 1430. The number of alkyl halides is 3. The summed E-state index contributed by atoms with van der Waals surface area (Å²) in [6.07, 6.45) is -5.48. The Kier molecular flexibility index (Phi) is 10.2. The molecule has 3 aromatic carbocycles. The molecule has 0 aliphatic rings. The van der Waals surface area contributed by atoms with Crippen molar-refractivity contribution in [3.05, 3.63) is 77.6 Å². The van der Waals surface area contributed by atoms with Crippen LogP contribution in [0.5, 0.6) is 17.2 Å². The maximum atomic E-state index is 13.4. The second kappa shape index (κ2) is 13.6. The molecule has 0 radical (unpaired) electrons. The molecule has 0 saturated heterocycles. The lowest BCUT2D eigenvalue weighted by atomic mass is 10.0. The number of amidine groups is 1. The molecule has 0 heterocycles. The minimum absolute atomic E-state index is 0.0485. The number of nitrogen functional groups attached to an aromatic ring is 1. The number of carbonyl (C=O) groups excluding carboxylic acids is 2. The largest absolute Gasteiger partial charge is 0.491 e. The summed E-state index contributed by atoms with van der Waals surface area (Å²) >= 11 is 0. The van der Waals surface area contributed by atoms with Crippen LogP contribution in [-0.2, 0) is 9.59 Å². The van der Waals surface area contributed by atoms with Crippen LogP contribution in [0, 0.1) is 11.2 Å². The number of halogens is 4. The number of nitrogens with two attached hydrogens (primary N) is 1. The number of carbonyl (C=O) groups is 2. The maximum Gasteiger partial charge on any atom is 0.491 e. The maximum absolute atomic E-state index is 13.4. The first kappa shape index (κ1) is 31.5. The molecule has 42 heavy (non-hydrogen) atoms. The van der Waals surface area contributed by atoms with Crippen LogP contribution in [0.4, 0.5) is 28.9 Å². The van der Waals surface area contributed by atoms with Crippen LogP contribution in [0.3, 0.4) is 0 Å². The van der Waals surface area contributed by atoms with Crippen LogP contribution in [0.1, 0.15) is 37.9 Å². The molecule has 10 nitrogen and oxygen atoms in total. The molecule has 1 atom stereocenters. The van der Waals surface area contributed by atoms with Gasteiger partial charge >= 0.3 is 12.1 Å². The van der Waals surface area contributed by atoms with Gasteiger partial charge in [0.2, 0.25) is 0 Å². The Labute approximate surface area is 238 Å². The molecule has 0 fully saturated rings. The normalized spacial score (nSPS) is 11.8. The van der Waals surface area contributed by atoms with Gasteiger partial charge in [0, 0.05) is 11.8 Å². The van der Waals surface area contributed by atoms with Crippen LogP contribution >= 0.6 is 0 Å². The zero-order chi connectivity index (χ0) is 31.0. The molecule has 0 bridgehead atoms. The number of nitrogens with one attached hydrogen (secondary N) is 4. The smallest absolute Gasteiger partial charge is 0.490 e. The van der Waals surface area contributed by atoms with Gasteiger partial charge in [0.25, 0.3) is 5.91 Å². The van der Waals surface area contributed by atoms with Crippen molar-refractivity contribution in [3.63, 3.8) is 0 Å². The minimum atomic E-state index is -5.30. The van der Waals surface area contributed by atoms with E-state index >= 15 is 0 Å². The van der Waals surface area contributed by atoms with E-state index in [2.05, 4.69) is 20.9 Å². The SMILES string of the molecule is CCOc1cc(C(Nc2ccc(C(=N)N)c(OC(=O)C(F)(F)F)c2)C(=O)NNc2ccc(F)cc2)ccc1OC(C)C. The van der Waals surface area contributed by atoms with Gasteiger partial charge in [-0.05, 0) is 74.9 Å². The highest BCUT2D eigenvalue weighted by Crippen LogP contribution is 2.34. The Balaban J connectivity index is 2.00. The van der Waals surface area contributed by atoms with E-state index in [0.717, 1.165) is 6.07 Å². The molecule has 0 spiro atoms. The van der Waals surface area contributed by atoms with Crippen LogP contribution in [0.15, 0.2) is 60.7 Å². The third kappa shape index (κ3) is 8.49. The summed E-state index contributed by atoms with van der Waals surface area (Å²) in [7, 11) is 0. The van der Waals surface area contributed by atoms with Crippen molar-refractivity contribution in [3.8, 4) is 17.2 Å². The number of hydrogen-bond donors (Lipinski definition) is 5. The standard InChI is InChI=1S/C28H29F4N5O5/c1-4-40-23-13-16(5-12-21(23)41-15(2)3)24(26(38)37-36-18-8-6-17(29)7-9-18)35-19-10-11-20(25(33)34)22(14-19)42-27(39)28(30,31)32/h5-15,24,35-36H,4H2,1-3H3,(H3,33,34)(H,37,38). The zero-order valence-electron chi connectivity index (χ0n) is 22.8. The van der Waals surface area contributed by atoms with Crippen molar-refractivity contribution in [1.82, 2.24) is 5.43 Å². The Morgan fingerprint density at radius 2 is 1.62 bits per heavy atom. The minimum Gasteiger partial charge on any atom is -0.490 e. The van der Waals surface area contributed by atoms with Gasteiger partial charge in [-0.15, -0.1) is 0 Å². The van der Waals surface area contributed by atoms with E-state index in [9.17, 15) is 27.2 Å². The van der Waals surface area contributed by atoms with Gasteiger partial charge in [-0.1, -0.05) is 6.07 Å². The molecule has 0 aliphatic carbocycles. The fourth-order valence-corrected chi connectivity index (χ4v) is 3.61. The third-order valence-electron chi connectivity index (χ3n) is 5.42. The lowest BCUT2D eigenvalue weighted by Gasteiger charge is -2.23.